The maximum Gasteiger partial charge on any atom is 0.433 e. The van der Waals surface area contributed by atoms with Crippen molar-refractivity contribution in [1.82, 2.24) is 15.3 Å². The Morgan fingerprint density at radius 3 is 2.38 bits per heavy atom. The lowest BCUT2D eigenvalue weighted by atomic mass is 9.87. The number of aliphatic hydroxyl groups is 1. The van der Waals surface area contributed by atoms with Crippen molar-refractivity contribution in [2.24, 2.45) is 0 Å². The third-order valence-electron chi connectivity index (χ3n) is 4.07. The van der Waals surface area contributed by atoms with Crippen LogP contribution in [0.5, 0.6) is 5.75 Å². The van der Waals surface area contributed by atoms with Crippen molar-refractivity contribution in [2.75, 3.05) is 31.6 Å². The Labute approximate surface area is 168 Å². The largest absolute Gasteiger partial charge is 0.491 e. The van der Waals surface area contributed by atoms with Crippen LogP contribution in [0.15, 0.2) is 36.5 Å². The first-order chi connectivity index (χ1) is 13.6. The molecule has 0 aliphatic rings. The lowest BCUT2D eigenvalue weighted by molar-refractivity contribution is -0.141. The van der Waals surface area contributed by atoms with E-state index in [-0.39, 0.29) is 24.5 Å². The van der Waals surface area contributed by atoms with Gasteiger partial charge >= 0.3 is 6.18 Å². The van der Waals surface area contributed by atoms with E-state index >= 15 is 0 Å². The van der Waals surface area contributed by atoms with Crippen molar-refractivity contribution in [2.45, 2.75) is 38.5 Å². The minimum Gasteiger partial charge on any atom is -0.491 e. The molecule has 1 aromatic heterocycles. The molecule has 29 heavy (non-hydrogen) atoms. The van der Waals surface area contributed by atoms with Crippen molar-refractivity contribution < 1.29 is 23.0 Å². The Kier molecular flexibility index (Phi) is 7.80. The summed E-state index contributed by atoms with van der Waals surface area (Å²) in [6.45, 7) is 7.53. The number of alkyl halides is 3. The zero-order valence-corrected chi connectivity index (χ0v) is 16.8. The fraction of sp³-hybridized carbons (Fsp3) is 0.500. The number of ether oxygens (including phenoxy) is 1. The number of aliphatic hydroxyl groups excluding tert-OH is 1. The second-order valence-electron chi connectivity index (χ2n) is 7.63. The van der Waals surface area contributed by atoms with Crippen LogP contribution in [0.3, 0.4) is 0 Å². The molecular formula is C20H27F3N4O2. The van der Waals surface area contributed by atoms with Crippen molar-refractivity contribution in [3.05, 3.63) is 47.8 Å². The molecule has 0 radical (unpaired) electrons. The van der Waals surface area contributed by atoms with Gasteiger partial charge in [-0.1, -0.05) is 32.9 Å². The van der Waals surface area contributed by atoms with Crippen LogP contribution >= 0.6 is 0 Å². The summed E-state index contributed by atoms with van der Waals surface area (Å²) in [4.78, 5) is 7.17. The van der Waals surface area contributed by atoms with Gasteiger partial charge in [0.1, 0.15) is 24.2 Å². The van der Waals surface area contributed by atoms with Gasteiger partial charge in [-0.05, 0) is 29.2 Å². The van der Waals surface area contributed by atoms with Crippen LogP contribution in [-0.2, 0) is 11.6 Å². The predicted octanol–water partition coefficient (Wildman–Crippen LogP) is 3.23. The molecule has 3 N–H and O–H groups in total. The number of benzene rings is 1. The quantitative estimate of drug-likeness (QED) is 0.549. The summed E-state index contributed by atoms with van der Waals surface area (Å²) in [5.74, 6) is 0.588. The summed E-state index contributed by atoms with van der Waals surface area (Å²) < 4.78 is 43.4. The van der Waals surface area contributed by atoms with E-state index in [1.807, 2.05) is 24.3 Å². The second kappa shape index (κ2) is 9.89. The predicted molar refractivity (Wildman–Crippen MR) is 105 cm³/mol. The van der Waals surface area contributed by atoms with Crippen LogP contribution in [0.2, 0.25) is 0 Å². The molecule has 0 saturated carbocycles. The van der Waals surface area contributed by atoms with E-state index < -0.39 is 18.0 Å². The van der Waals surface area contributed by atoms with Gasteiger partial charge in [0.2, 0.25) is 5.95 Å². The average Bonchev–Trinajstić information content (AvgIpc) is 2.65. The van der Waals surface area contributed by atoms with Gasteiger partial charge in [0.25, 0.3) is 0 Å². The smallest absolute Gasteiger partial charge is 0.433 e. The maximum absolute atomic E-state index is 12.6. The van der Waals surface area contributed by atoms with E-state index in [0.29, 0.717) is 18.8 Å². The van der Waals surface area contributed by atoms with Crippen LogP contribution < -0.4 is 15.4 Å². The van der Waals surface area contributed by atoms with Crippen LogP contribution in [0.1, 0.15) is 32.0 Å². The van der Waals surface area contributed by atoms with Gasteiger partial charge in [-0.25, -0.2) is 9.97 Å². The number of nitrogens with zero attached hydrogens (tertiary/aromatic N) is 2. The monoisotopic (exact) mass is 412 g/mol. The van der Waals surface area contributed by atoms with Gasteiger partial charge in [0, 0.05) is 25.8 Å². The molecule has 1 unspecified atom stereocenters. The first-order valence-corrected chi connectivity index (χ1v) is 9.32. The Morgan fingerprint density at radius 2 is 1.76 bits per heavy atom. The van der Waals surface area contributed by atoms with Crippen molar-refractivity contribution in [3.63, 3.8) is 0 Å². The maximum atomic E-state index is 12.6. The molecule has 1 atom stereocenters. The molecule has 0 fully saturated rings. The molecule has 1 heterocycles. The third kappa shape index (κ3) is 7.86. The molecule has 6 nitrogen and oxygen atoms in total. The van der Waals surface area contributed by atoms with E-state index in [4.69, 9.17) is 4.74 Å². The van der Waals surface area contributed by atoms with Gasteiger partial charge in [-0.15, -0.1) is 0 Å². The molecule has 0 bridgehead atoms. The summed E-state index contributed by atoms with van der Waals surface area (Å²) >= 11 is 0. The Hall–Kier alpha value is -2.39. The van der Waals surface area contributed by atoms with Gasteiger partial charge in [0.15, 0.2) is 0 Å². The summed E-state index contributed by atoms with van der Waals surface area (Å²) in [6, 6.07) is 8.57. The molecule has 1 aromatic carbocycles. The number of aromatic nitrogens is 2. The number of hydrogen-bond acceptors (Lipinski definition) is 6. The highest BCUT2D eigenvalue weighted by Gasteiger charge is 2.32. The zero-order valence-electron chi connectivity index (χ0n) is 16.8. The van der Waals surface area contributed by atoms with E-state index in [1.54, 1.807) is 0 Å². The fourth-order valence-electron chi connectivity index (χ4n) is 2.44. The van der Waals surface area contributed by atoms with Crippen molar-refractivity contribution >= 4 is 5.95 Å². The molecule has 9 heteroatoms. The zero-order chi connectivity index (χ0) is 21.5. The molecule has 0 aliphatic carbocycles. The van der Waals surface area contributed by atoms with Gasteiger partial charge in [-0.2, -0.15) is 13.2 Å². The lowest BCUT2D eigenvalue weighted by Gasteiger charge is -2.19. The Morgan fingerprint density at radius 1 is 1.07 bits per heavy atom. The molecule has 160 valence electrons. The minimum atomic E-state index is -4.51. The second-order valence-corrected chi connectivity index (χ2v) is 7.63. The highest BCUT2D eigenvalue weighted by atomic mass is 19.4. The van der Waals surface area contributed by atoms with Crippen LogP contribution in [0, 0.1) is 0 Å². The highest BCUT2D eigenvalue weighted by Crippen LogP contribution is 2.27. The van der Waals surface area contributed by atoms with E-state index in [0.717, 1.165) is 12.3 Å². The van der Waals surface area contributed by atoms with Crippen molar-refractivity contribution in [3.8, 4) is 5.75 Å². The average molecular weight is 412 g/mol. The lowest BCUT2D eigenvalue weighted by Crippen LogP contribution is -2.34. The van der Waals surface area contributed by atoms with Crippen molar-refractivity contribution in [1.29, 1.82) is 0 Å². The molecule has 0 saturated heterocycles. The topological polar surface area (TPSA) is 79.3 Å². The Bertz CT molecular complexity index is 762. The summed E-state index contributed by atoms with van der Waals surface area (Å²) in [5, 5.41) is 15.7. The molecule has 0 aliphatic heterocycles. The third-order valence-corrected chi connectivity index (χ3v) is 4.07. The fourth-order valence-corrected chi connectivity index (χ4v) is 2.44. The van der Waals surface area contributed by atoms with Crippen LogP contribution in [0.25, 0.3) is 0 Å². The number of nitrogens with one attached hydrogen (secondary N) is 2. The molecule has 0 amide bonds. The summed E-state index contributed by atoms with van der Waals surface area (Å²) in [5.41, 5.74) is 0.269. The number of hydrogen-bond donors (Lipinski definition) is 3. The van der Waals surface area contributed by atoms with Crippen LogP contribution in [0.4, 0.5) is 19.1 Å². The van der Waals surface area contributed by atoms with E-state index in [9.17, 15) is 18.3 Å². The standard InChI is InChI=1S/C20H27F3N4O2/c1-19(2,3)14-4-6-16(7-5-14)29-13-15(28)12-24-10-11-26-18-25-9-8-17(27-18)20(21,22)23/h4-9,15,24,28H,10-13H2,1-3H3,(H,25,26,27). The van der Waals surface area contributed by atoms with Gasteiger partial charge in [0.05, 0.1) is 0 Å². The van der Waals surface area contributed by atoms with Gasteiger partial charge in [-0.3, -0.25) is 0 Å². The Balaban J connectivity index is 1.64. The molecule has 0 spiro atoms. The molecule has 2 aromatic rings. The number of anilines is 1. The van der Waals surface area contributed by atoms with Crippen LogP contribution in [-0.4, -0.2) is 47.4 Å². The number of rotatable bonds is 9. The minimum absolute atomic E-state index is 0.0646. The number of halogens is 3. The first-order valence-electron chi connectivity index (χ1n) is 9.32. The normalized spacial score (nSPS) is 13.2. The summed E-state index contributed by atoms with van der Waals surface area (Å²) in [6.07, 6.45) is -4.17. The van der Waals surface area contributed by atoms with E-state index in [1.165, 1.54) is 5.56 Å². The molecule has 2 rings (SSSR count). The first kappa shape index (κ1) is 22.9. The summed E-state index contributed by atoms with van der Waals surface area (Å²) in [7, 11) is 0. The van der Waals surface area contributed by atoms with Gasteiger partial charge < -0.3 is 20.5 Å². The SMILES string of the molecule is CC(C)(C)c1ccc(OCC(O)CNCCNc2nccc(C(F)(F)F)n2)cc1. The molecular weight excluding hydrogens is 385 g/mol. The highest BCUT2D eigenvalue weighted by molar-refractivity contribution is 5.31. The van der Waals surface area contributed by atoms with E-state index in [2.05, 4.69) is 41.4 Å².